The summed E-state index contributed by atoms with van der Waals surface area (Å²) in [4.78, 5) is 13.0. The molecule has 10 heteroatoms. The Morgan fingerprint density at radius 2 is 0.929 bits per heavy atom. The predicted molar refractivity (Wildman–Crippen MR) is 227 cm³/mol. The van der Waals surface area contributed by atoms with Crippen LogP contribution in [0.15, 0.2) is 0 Å². The van der Waals surface area contributed by atoms with Gasteiger partial charge in [0.1, 0.15) is 30.5 Å². The van der Waals surface area contributed by atoms with Crippen LogP contribution in [0.3, 0.4) is 0 Å². The van der Waals surface area contributed by atoms with Crippen LogP contribution in [0.2, 0.25) is 0 Å². The zero-order valence-electron chi connectivity index (χ0n) is 36.3. The molecule has 0 aromatic heterocycles. The lowest BCUT2D eigenvalue weighted by molar-refractivity contribution is -0.303. The molecule has 0 spiro atoms. The maximum atomic E-state index is 13.0. The quantitative estimate of drug-likeness (QED) is 0.0299. The smallest absolute Gasteiger partial charge is 0.220 e. The first-order valence-electron chi connectivity index (χ1n) is 23.8. The van der Waals surface area contributed by atoms with Gasteiger partial charge in [0.2, 0.25) is 5.91 Å². The number of ether oxygens (including phenoxy) is 2. The van der Waals surface area contributed by atoms with Crippen molar-refractivity contribution >= 4 is 5.91 Å². The Morgan fingerprint density at radius 1 is 0.554 bits per heavy atom. The molecule has 1 aliphatic rings. The van der Waals surface area contributed by atoms with Crippen LogP contribution in [-0.4, -0.2) is 98.7 Å². The van der Waals surface area contributed by atoms with Gasteiger partial charge in [-0.1, -0.05) is 206 Å². The fraction of sp³-hybridized carbons (Fsp3) is 0.978. The number of aliphatic hydroxyl groups excluding tert-OH is 6. The summed E-state index contributed by atoms with van der Waals surface area (Å²) in [5.74, 6) is -0.254. The minimum atomic E-state index is -1.60. The van der Waals surface area contributed by atoms with Crippen LogP contribution in [0.5, 0.6) is 0 Å². The Kier molecular flexibility index (Phi) is 35.3. The van der Waals surface area contributed by atoms with Crippen molar-refractivity contribution in [2.24, 2.45) is 0 Å². The fourth-order valence-electron chi connectivity index (χ4n) is 7.91. The number of rotatable bonds is 40. The minimum absolute atomic E-state index is 0.254. The largest absolute Gasteiger partial charge is 0.394 e. The zero-order chi connectivity index (χ0) is 41.1. The molecule has 10 nitrogen and oxygen atoms in total. The molecule has 1 aliphatic heterocycles. The molecular formula is C46H91NO9. The Labute approximate surface area is 343 Å². The van der Waals surface area contributed by atoms with E-state index < -0.39 is 55.6 Å². The third-order valence-corrected chi connectivity index (χ3v) is 11.8. The van der Waals surface area contributed by atoms with Crippen molar-refractivity contribution in [3.8, 4) is 0 Å². The van der Waals surface area contributed by atoms with Gasteiger partial charge in [0.25, 0.3) is 0 Å². The summed E-state index contributed by atoms with van der Waals surface area (Å²) < 4.78 is 11.2. The second-order valence-corrected chi connectivity index (χ2v) is 17.1. The van der Waals surface area contributed by atoms with Gasteiger partial charge in [-0.15, -0.1) is 0 Å². The summed E-state index contributed by atoms with van der Waals surface area (Å²) in [6.45, 7) is 3.62. The Balaban J connectivity index is 2.36. The molecule has 1 saturated heterocycles. The van der Waals surface area contributed by atoms with Gasteiger partial charge in [0.05, 0.1) is 25.4 Å². The first kappa shape index (κ1) is 53.2. The number of hydrogen-bond donors (Lipinski definition) is 7. The molecule has 1 rings (SSSR count). The van der Waals surface area contributed by atoms with Gasteiger partial charge in [-0.3, -0.25) is 4.79 Å². The van der Waals surface area contributed by atoms with E-state index in [1.807, 2.05) is 0 Å². The molecule has 0 aromatic carbocycles. The number of hydrogen-bond acceptors (Lipinski definition) is 9. The maximum Gasteiger partial charge on any atom is 0.220 e. The van der Waals surface area contributed by atoms with E-state index in [9.17, 15) is 35.4 Å². The second-order valence-electron chi connectivity index (χ2n) is 17.1. The lowest BCUT2D eigenvalue weighted by atomic mass is 9.98. The van der Waals surface area contributed by atoms with Gasteiger partial charge in [0, 0.05) is 6.42 Å². The predicted octanol–water partition coefficient (Wildman–Crippen LogP) is 8.92. The summed E-state index contributed by atoms with van der Waals surface area (Å²) in [5, 5.41) is 65.2. The standard InChI is InChI=1S/C46H91NO9/c1-3-5-7-9-11-13-15-17-18-19-20-21-23-25-27-29-31-33-35-41(50)47-38(37-55-46-45(54)44(53)43(52)40(36-48)56-46)42(51)39(49)34-32-30-28-26-24-22-16-14-12-10-8-6-4-2/h38-40,42-46,48-49,51-54H,3-37H2,1-2H3,(H,47,50)/t38-,39+,40+,42-,43+,44?,45?,46+/m0/s1. The minimum Gasteiger partial charge on any atom is -0.394 e. The van der Waals surface area contributed by atoms with Crippen LogP contribution < -0.4 is 5.32 Å². The molecule has 0 bridgehead atoms. The molecule has 1 amide bonds. The number of unbranched alkanes of at least 4 members (excludes halogenated alkanes) is 29. The topological polar surface area (TPSA) is 169 Å². The van der Waals surface area contributed by atoms with E-state index in [0.717, 1.165) is 38.5 Å². The molecule has 8 atom stereocenters. The van der Waals surface area contributed by atoms with Gasteiger partial charge >= 0.3 is 0 Å². The van der Waals surface area contributed by atoms with Crippen molar-refractivity contribution in [2.75, 3.05) is 13.2 Å². The van der Waals surface area contributed by atoms with Crippen LogP contribution in [0, 0.1) is 0 Å². The van der Waals surface area contributed by atoms with E-state index in [0.29, 0.717) is 6.42 Å². The van der Waals surface area contributed by atoms with E-state index in [2.05, 4.69) is 19.2 Å². The van der Waals surface area contributed by atoms with Crippen LogP contribution in [0.4, 0.5) is 0 Å². The van der Waals surface area contributed by atoms with Gasteiger partial charge in [-0.25, -0.2) is 0 Å². The zero-order valence-corrected chi connectivity index (χ0v) is 36.3. The third kappa shape index (κ3) is 27.0. The van der Waals surface area contributed by atoms with Gasteiger partial charge in [-0.05, 0) is 12.8 Å². The molecular weight excluding hydrogens is 711 g/mol. The van der Waals surface area contributed by atoms with Gasteiger partial charge in [0.15, 0.2) is 6.29 Å². The monoisotopic (exact) mass is 802 g/mol. The van der Waals surface area contributed by atoms with Crippen molar-refractivity contribution in [3.05, 3.63) is 0 Å². The summed E-state index contributed by atoms with van der Waals surface area (Å²) in [7, 11) is 0. The number of aliphatic hydroxyl groups is 6. The average molecular weight is 802 g/mol. The normalized spacial score (nSPS) is 21.6. The molecule has 56 heavy (non-hydrogen) atoms. The molecule has 0 radical (unpaired) electrons. The van der Waals surface area contributed by atoms with E-state index in [-0.39, 0.29) is 18.9 Å². The number of amides is 1. The Hall–Kier alpha value is -0.850. The van der Waals surface area contributed by atoms with Crippen LogP contribution in [-0.2, 0) is 14.3 Å². The highest BCUT2D eigenvalue weighted by atomic mass is 16.7. The fourth-order valence-corrected chi connectivity index (χ4v) is 7.91. The van der Waals surface area contributed by atoms with Crippen LogP contribution in [0.25, 0.3) is 0 Å². The number of nitrogens with one attached hydrogen (secondary N) is 1. The third-order valence-electron chi connectivity index (χ3n) is 11.8. The molecule has 1 fully saturated rings. The Morgan fingerprint density at radius 3 is 1.32 bits per heavy atom. The first-order chi connectivity index (χ1) is 27.3. The summed E-state index contributed by atoms with van der Waals surface area (Å²) >= 11 is 0. The van der Waals surface area contributed by atoms with E-state index in [1.165, 1.54) is 161 Å². The molecule has 1 heterocycles. The average Bonchev–Trinajstić information content (AvgIpc) is 3.20. The molecule has 7 N–H and O–H groups in total. The molecule has 334 valence electrons. The maximum absolute atomic E-state index is 13.0. The highest BCUT2D eigenvalue weighted by Crippen LogP contribution is 2.23. The van der Waals surface area contributed by atoms with Gasteiger partial charge < -0.3 is 45.4 Å². The van der Waals surface area contributed by atoms with E-state index >= 15 is 0 Å². The summed E-state index contributed by atoms with van der Waals surface area (Å²) in [5.41, 5.74) is 0. The second kappa shape index (κ2) is 37.2. The van der Waals surface area contributed by atoms with Gasteiger partial charge in [-0.2, -0.15) is 0 Å². The van der Waals surface area contributed by atoms with E-state index in [1.54, 1.807) is 0 Å². The molecule has 0 aliphatic carbocycles. The summed E-state index contributed by atoms with van der Waals surface area (Å²) in [6.07, 6.45) is 29.6. The molecule has 0 aromatic rings. The molecule has 0 saturated carbocycles. The van der Waals surface area contributed by atoms with Crippen molar-refractivity contribution in [1.29, 1.82) is 0 Å². The highest BCUT2D eigenvalue weighted by molar-refractivity contribution is 5.76. The Bertz CT molecular complexity index is 864. The van der Waals surface area contributed by atoms with Crippen molar-refractivity contribution in [1.82, 2.24) is 5.32 Å². The lowest BCUT2D eigenvalue weighted by Gasteiger charge is -2.40. The van der Waals surface area contributed by atoms with Crippen molar-refractivity contribution in [2.45, 2.75) is 275 Å². The lowest BCUT2D eigenvalue weighted by Crippen LogP contribution is -2.60. The van der Waals surface area contributed by atoms with Crippen molar-refractivity contribution < 1.29 is 44.9 Å². The van der Waals surface area contributed by atoms with Crippen LogP contribution >= 0.6 is 0 Å². The number of carbonyl (C=O) groups excluding carboxylic acids is 1. The molecule has 2 unspecified atom stereocenters. The highest BCUT2D eigenvalue weighted by Gasteiger charge is 2.44. The van der Waals surface area contributed by atoms with Crippen molar-refractivity contribution in [3.63, 3.8) is 0 Å². The SMILES string of the molecule is CCCCCCCCCCCCCCCCCCCCC(=O)N[C@@H](CO[C@@H]1O[C@H](CO)[C@@H](O)C(O)C1O)[C@H](O)[C@H](O)CCCCCCCCCCCCCCC. The van der Waals surface area contributed by atoms with Crippen LogP contribution in [0.1, 0.15) is 226 Å². The first-order valence-corrected chi connectivity index (χ1v) is 23.8. The van der Waals surface area contributed by atoms with E-state index in [4.69, 9.17) is 9.47 Å². The number of carbonyl (C=O) groups is 1. The summed E-state index contributed by atoms with van der Waals surface area (Å²) in [6, 6.07) is -0.984.